The van der Waals surface area contributed by atoms with Crippen molar-refractivity contribution in [3.8, 4) is 0 Å². The summed E-state index contributed by atoms with van der Waals surface area (Å²) in [5.41, 5.74) is 3.73. The number of hydrogen-bond donors (Lipinski definition) is 0. The third kappa shape index (κ3) is 2.59. The number of ether oxygens (including phenoxy) is 1. The number of carbonyl (C=O) groups is 2. The van der Waals surface area contributed by atoms with Crippen LogP contribution in [-0.2, 0) is 16.0 Å². The second-order valence-electron chi connectivity index (χ2n) is 5.63. The molecule has 1 aromatic heterocycles. The van der Waals surface area contributed by atoms with Crippen molar-refractivity contribution in [2.24, 2.45) is 0 Å². The number of aromatic nitrogens is 1. The number of rotatable bonds is 2. The van der Waals surface area contributed by atoms with Gasteiger partial charge in [0.15, 0.2) is 0 Å². The highest BCUT2D eigenvalue weighted by Gasteiger charge is 2.39. The van der Waals surface area contributed by atoms with Crippen molar-refractivity contribution in [3.05, 3.63) is 58.9 Å². The Bertz CT molecular complexity index is 786. The molecule has 0 saturated heterocycles. The van der Waals surface area contributed by atoms with Crippen LogP contribution in [-0.4, -0.2) is 30.0 Å². The summed E-state index contributed by atoms with van der Waals surface area (Å²) in [4.78, 5) is 31.1. The Morgan fingerprint density at radius 2 is 1.91 bits per heavy atom. The maximum atomic E-state index is 13.1. The topological polar surface area (TPSA) is 59.5 Å². The lowest BCUT2D eigenvalue weighted by atomic mass is 10.1. The first-order chi connectivity index (χ1) is 11.0. The van der Waals surface area contributed by atoms with Crippen molar-refractivity contribution in [3.63, 3.8) is 0 Å². The minimum Gasteiger partial charge on any atom is -0.467 e. The Morgan fingerprint density at radius 3 is 2.61 bits per heavy atom. The van der Waals surface area contributed by atoms with E-state index in [0.717, 1.165) is 16.9 Å². The fraction of sp³-hybridized carbons (Fsp3) is 0.278. The molecular formula is C18H18N2O3. The van der Waals surface area contributed by atoms with E-state index < -0.39 is 12.0 Å². The van der Waals surface area contributed by atoms with Gasteiger partial charge in [0, 0.05) is 17.8 Å². The number of esters is 1. The van der Waals surface area contributed by atoms with Gasteiger partial charge in [-0.1, -0.05) is 18.2 Å². The third-order valence-electron chi connectivity index (χ3n) is 4.12. The minimum atomic E-state index is -0.634. The molecule has 0 bridgehead atoms. The van der Waals surface area contributed by atoms with Crippen LogP contribution in [0.25, 0.3) is 0 Å². The van der Waals surface area contributed by atoms with Crippen molar-refractivity contribution in [1.82, 2.24) is 4.98 Å². The molecule has 5 nitrogen and oxygen atoms in total. The third-order valence-corrected chi connectivity index (χ3v) is 4.12. The average Bonchev–Trinajstić information content (AvgIpc) is 2.93. The quantitative estimate of drug-likeness (QED) is 0.799. The van der Waals surface area contributed by atoms with Crippen LogP contribution < -0.4 is 4.90 Å². The Kier molecular flexibility index (Phi) is 3.86. The monoisotopic (exact) mass is 310 g/mol. The SMILES string of the molecule is COC(=O)[C@H]1Cc2ccccc2N1C(=O)c1ccc(C)nc1C. The molecule has 2 aromatic rings. The van der Waals surface area contributed by atoms with Crippen LogP contribution >= 0.6 is 0 Å². The van der Waals surface area contributed by atoms with Gasteiger partial charge < -0.3 is 4.74 Å². The molecule has 0 spiro atoms. The molecule has 1 atom stereocenters. The molecule has 0 saturated carbocycles. The number of nitrogens with zero attached hydrogens (tertiary/aromatic N) is 2. The number of fused-ring (bicyclic) bond motifs is 1. The minimum absolute atomic E-state index is 0.227. The highest BCUT2D eigenvalue weighted by atomic mass is 16.5. The lowest BCUT2D eigenvalue weighted by Gasteiger charge is -2.24. The van der Waals surface area contributed by atoms with Crippen LogP contribution in [0.5, 0.6) is 0 Å². The second-order valence-corrected chi connectivity index (χ2v) is 5.63. The molecule has 23 heavy (non-hydrogen) atoms. The normalized spacial score (nSPS) is 16.1. The fourth-order valence-corrected chi connectivity index (χ4v) is 3.00. The van der Waals surface area contributed by atoms with Gasteiger partial charge in [0.25, 0.3) is 5.91 Å². The molecule has 5 heteroatoms. The number of methoxy groups -OCH3 is 1. The molecule has 1 aromatic carbocycles. The molecule has 1 amide bonds. The van der Waals surface area contributed by atoms with Crippen LogP contribution in [0.2, 0.25) is 0 Å². The van der Waals surface area contributed by atoms with Crippen molar-refractivity contribution in [2.45, 2.75) is 26.3 Å². The summed E-state index contributed by atoms with van der Waals surface area (Å²) >= 11 is 0. The summed E-state index contributed by atoms with van der Waals surface area (Å²) in [6, 6.07) is 10.5. The summed E-state index contributed by atoms with van der Waals surface area (Å²) in [5, 5.41) is 0. The molecule has 0 N–H and O–H groups in total. The van der Waals surface area contributed by atoms with Gasteiger partial charge in [-0.25, -0.2) is 4.79 Å². The summed E-state index contributed by atoms with van der Waals surface area (Å²) in [6.45, 7) is 3.68. The molecular weight excluding hydrogens is 292 g/mol. The van der Waals surface area contributed by atoms with E-state index in [0.29, 0.717) is 17.7 Å². The Labute approximate surface area is 134 Å². The van der Waals surface area contributed by atoms with Crippen molar-refractivity contribution >= 4 is 17.6 Å². The molecule has 0 radical (unpaired) electrons. The first-order valence-electron chi connectivity index (χ1n) is 7.46. The van der Waals surface area contributed by atoms with E-state index in [1.165, 1.54) is 12.0 Å². The average molecular weight is 310 g/mol. The van der Waals surface area contributed by atoms with E-state index in [1.807, 2.05) is 31.2 Å². The van der Waals surface area contributed by atoms with Gasteiger partial charge in [-0.15, -0.1) is 0 Å². The van der Waals surface area contributed by atoms with Crippen molar-refractivity contribution in [2.75, 3.05) is 12.0 Å². The van der Waals surface area contributed by atoms with Crippen LogP contribution in [0.3, 0.4) is 0 Å². The summed E-state index contributed by atoms with van der Waals surface area (Å²) in [7, 11) is 1.34. The highest BCUT2D eigenvalue weighted by molar-refractivity contribution is 6.11. The van der Waals surface area contributed by atoms with Crippen LogP contribution in [0, 0.1) is 13.8 Å². The first kappa shape index (κ1) is 15.2. The van der Waals surface area contributed by atoms with Crippen LogP contribution in [0.15, 0.2) is 36.4 Å². The summed E-state index contributed by atoms with van der Waals surface area (Å²) in [5.74, 6) is -0.636. The fourth-order valence-electron chi connectivity index (χ4n) is 3.00. The highest BCUT2D eigenvalue weighted by Crippen LogP contribution is 2.34. The van der Waals surface area contributed by atoms with Crippen LogP contribution in [0.1, 0.15) is 27.3 Å². The van der Waals surface area contributed by atoms with Gasteiger partial charge in [-0.05, 0) is 37.6 Å². The van der Waals surface area contributed by atoms with Gasteiger partial charge in [-0.3, -0.25) is 14.7 Å². The maximum absolute atomic E-state index is 13.1. The number of benzene rings is 1. The van der Waals surface area contributed by atoms with Crippen molar-refractivity contribution < 1.29 is 14.3 Å². The largest absolute Gasteiger partial charge is 0.467 e. The van der Waals surface area contributed by atoms with Gasteiger partial charge in [0.05, 0.1) is 18.4 Å². The first-order valence-corrected chi connectivity index (χ1v) is 7.46. The molecule has 0 aliphatic carbocycles. The van der Waals surface area contributed by atoms with E-state index >= 15 is 0 Å². The van der Waals surface area contributed by atoms with E-state index in [4.69, 9.17) is 4.74 Å². The molecule has 1 aliphatic rings. The number of para-hydroxylation sites is 1. The smallest absolute Gasteiger partial charge is 0.329 e. The van der Waals surface area contributed by atoms with Crippen molar-refractivity contribution in [1.29, 1.82) is 0 Å². The van der Waals surface area contributed by atoms with E-state index in [-0.39, 0.29) is 5.91 Å². The molecule has 118 valence electrons. The van der Waals surface area contributed by atoms with E-state index in [9.17, 15) is 9.59 Å². The molecule has 1 aliphatic heterocycles. The Morgan fingerprint density at radius 1 is 1.17 bits per heavy atom. The zero-order valence-electron chi connectivity index (χ0n) is 13.4. The number of amides is 1. The molecule has 0 unspecified atom stereocenters. The maximum Gasteiger partial charge on any atom is 0.329 e. The standard InChI is InChI=1S/C18H18N2O3/c1-11-8-9-14(12(2)19-11)17(21)20-15-7-5-4-6-13(15)10-16(20)18(22)23-3/h4-9,16H,10H2,1-3H3/t16-/m1/s1. The molecule has 2 heterocycles. The molecule has 0 fully saturated rings. The summed E-state index contributed by atoms with van der Waals surface area (Å²) < 4.78 is 4.88. The number of pyridine rings is 1. The zero-order chi connectivity index (χ0) is 16.6. The predicted molar refractivity (Wildman–Crippen MR) is 86.5 cm³/mol. The predicted octanol–water partition coefficient (Wildman–Crippen LogP) is 2.44. The Balaban J connectivity index is 2.06. The second kappa shape index (κ2) is 5.83. The van der Waals surface area contributed by atoms with E-state index in [2.05, 4.69) is 4.98 Å². The lowest BCUT2D eigenvalue weighted by molar-refractivity contribution is -0.141. The van der Waals surface area contributed by atoms with Gasteiger partial charge in [-0.2, -0.15) is 0 Å². The summed E-state index contributed by atoms with van der Waals surface area (Å²) in [6.07, 6.45) is 0.465. The zero-order valence-corrected chi connectivity index (χ0v) is 13.4. The van der Waals surface area contributed by atoms with E-state index in [1.54, 1.807) is 19.1 Å². The number of aryl methyl sites for hydroxylation is 2. The van der Waals surface area contributed by atoms with Crippen LogP contribution in [0.4, 0.5) is 5.69 Å². The van der Waals surface area contributed by atoms with Gasteiger partial charge in [0.1, 0.15) is 6.04 Å². The number of hydrogen-bond acceptors (Lipinski definition) is 4. The Hall–Kier alpha value is -2.69. The lowest BCUT2D eigenvalue weighted by Crippen LogP contribution is -2.43. The van der Waals surface area contributed by atoms with Gasteiger partial charge >= 0.3 is 5.97 Å². The molecule has 3 rings (SSSR count). The number of carbonyl (C=O) groups excluding carboxylic acids is 2. The van der Waals surface area contributed by atoms with Gasteiger partial charge in [0.2, 0.25) is 0 Å². The number of anilines is 1.